The number of hydrogen-bond acceptors (Lipinski definition) is 5. The summed E-state index contributed by atoms with van der Waals surface area (Å²) in [6.07, 6.45) is 11.1. The van der Waals surface area contributed by atoms with Crippen molar-refractivity contribution in [3.63, 3.8) is 0 Å². The quantitative estimate of drug-likeness (QED) is 0.214. The van der Waals surface area contributed by atoms with Gasteiger partial charge in [0.1, 0.15) is 0 Å². The molecule has 0 saturated carbocycles. The summed E-state index contributed by atoms with van der Waals surface area (Å²) < 4.78 is 1.97. The van der Waals surface area contributed by atoms with E-state index in [1.807, 2.05) is 42.0 Å². The van der Waals surface area contributed by atoms with E-state index in [9.17, 15) is 9.59 Å². The third-order valence-corrected chi connectivity index (χ3v) is 6.15. The molecule has 0 aromatic rings. The SMILES string of the molecule is C=C/C(=C(\C=C\SN(C)C)C(=O)NC1C=C(C(=C)C(C)C)C(NC=O)=CC1)N1CCCC1. The maximum Gasteiger partial charge on any atom is 0.253 e. The number of nitrogens with zero attached hydrogens (tertiary/aromatic N) is 2. The van der Waals surface area contributed by atoms with Crippen molar-refractivity contribution in [2.75, 3.05) is 27.2 Å². The van der Waals surface area contributed by atoms with E-state index in [4.69, 9.17) is 0 Å². The smallest absolute Gasteiger partial charge is 0.253 e. The van der Waals surface area contributed by atoms with Gasteiger partial charge in [-0.2, -0.15) is 0 Å². The van der Waals surface area contributed by atoms with Gasteiger partial charge < -0.3 is 15.5 Å². The van der Waals surface area contributed by atoms with Gasteiger partial charge in [-0.25, -0.2) is 0 Å². The maximum absolute atomic E-state index is 13.4. The minimum absolute atomic E-state index is 0.140. The summed E-state index contributed by atoms with van der Waals surface area (Å²) in [4.78, 5) is 26.7. The summed E-state index contributed by atoms with van der Waals surface area (Å²) in [6.45, 7) is 14.1. The lowest BCUT2D eigenvalue weighted by Gasteiger charge is -2.26. The Morgan fingerprint density at radius 3 is 2.56 bits per heavy atom. The van der Waals surface area contributed by atoms with Gasteiger partial charge in [-0.05, 0) is 68.0 Å². The van der Waals surface area contributed by atoms with E-state index in [0.717, 1.165) is 48.5 Å². The molecule has 1 aliphatic heterocycles. The molecule has 2 aliphatic rings. The Morgan fingerprint density at radius 1 is 1.31 bits per heavy atom. The van der Waals surface area contributed by atoms with Gasteiger partial charge in [0.15, 0.2) is 0 Å². The Hall–Kier alpha value is -2.51. The highest BCUT2D eigenvalue weighted by Crippen LogP contribution is 2.28. The van der Waals surface area contributed by atoms with Crippen molar-refractivity contribution in [2.45, 2.75) is 39.2 Å². The molecule has 174 valence electrons. The highest BCUT2D eigenvalue weighted by Gasteiger charge is 2.24. The van der Waals surface area contributed by atoms with Gasteiger partial charge in [0.2, 0.25) is 6.41 Å². The van der Waals surface area contributed by atoms with E-state index >= 15 is 0 Å². The molecule has 0 bridgehead atoms. The second-order valence-corrected chi connectivity index (χ2v) is 9.59. The summed E-state index contributed by atoms with van der Waals surface area (Å²) >= 11 is 1.52. The second-order valence-electron chi connectivity index (χ2n) is 8.37. The summed E-state index contributed by atoms with van der Waals surface area (Å²) in [5, 5.41) is 7.84. The Balaban J connectivity index is 2.31. The average molecular weight is 457 g/mol. The highest BCUT2D eigenvalue weighted by atomic mass is 32.2. The second kappa shape index (κ2) is 12.5. The molecule has 32 heavy (non-hydrogen) atoms. The lowest BCUT2D eigenvalue weighted by atomic mass is 9.89. The molecule has 6 nitrogen and oxygen atoms in total. The molecular formula is C25H36N4O2S. The number of carbonyl (C=O) groups excluding carboxylic acids is 2. The van der Waals surface area contributed by atoms with Crippen LogP contribution in [0.2, 0.25) is 0 Å². The number of amides is 2. The molecule has 2 amide bonds. The predicted octanol–water partition coefficient (Wildman–Crippen LogP) is 3.90. The van der Waals surface area contributed by atoms with Crippen molar-refractivity contribution in [2.24, 2.45) is 5.92 Å². The lowest BCUT2D eigenvalue weighted by Crippen LogP contribution is -2.37. The standard InChI is InChI=1S/C25H36N4O2S/c1-7-24(29-13-8-9-14-29)21(12-15-32-28(5)6)25(31)27-20-10-11-23(26-17-30)22(16-20)19(4)18(2)3/h7,11-12,15-18,20H,1,4,8-10,13-14H2,2-3,5-6H3,(H,26,30)(H,27,31)/b15-12+,24-21-. The van der Waals surface area contributed by atoms with Gasteiger partial charge in [-0.3, -0.25) is 13.9 Å². The first-order valence-corrected chi connectivity index (χ1v) is 11.9. The molecule has 7 heteroatoms. The van der Waals surface area contributed by atoms with E-state index in [1.165, 1.54) is 11.9 Å². The van der Waals surface area contributed by atoms with Gasteiger partial charge in [0.25, 0.3) is 5.91 Å². The van der Waals surface area contributed by atoms with Gasteiger partial charge in [-0.1, -0.05) is 51.1 Å². The van der Waals surface area contributed by atoms with Crippen LogP contribution in [0.4, 0.5) is 0 Å². The van der Waals surface area contributed by atoms with Crippen LogP contribution in [0.1, 0.15) is 33.1 Å². The first kappa shape index (κ1) is 25.7. The van der Waals surface area contributed by atoms with Gasteiger partial charge in [0.05, 0.1) is 11.6 Å². The fourth-order valence-corrected chi connectivity index (χ4v) is 4.16. The first-order valence-electron chi connectivity index (χ1n) is 11.0. The molecule has 1 aliphatic carbocycles. The van der Waals surface area contributed by atoms with Crippen LogP contribution in [0, 0.1) is 5.92 Å². The van der Waals surface area contributed by atoms with Gasteiger partial charge in [-0.15, -0.1) is 0 Å². The predicted molar refractivity (Wildman–Crippen MR) is 134 cm³/mol. The lowest BCUT2D eigenvalue weighted by molar-refractivity contribution is -0.117. The minimum Gasteiger partial charge on any atom is -0.371 e. The van der Waals surface area contributed by atoms with E-state index in [2.05, 4.69) is 42.5 Å². The first-order chi connectivity index (χ1) is 15.3. The number of nitrogens with one attached hydrogen (secondary N) is 2. The molecule has 0 spiro atoms. The number of likely N-dealkylation sites (tertiary alicyclic amines) is 1. The third-order valence-electron chi connectivity index (χ3n) is 5.47. The molecule has 2 N–H and O–H groups in total. The Kier molecular flexibility index (Phi) is 10.1. The zero-order valence-electron chi connectivity index (χ0n) is 19.7. The third kappa shape index (κ3) is 7.00. The van der Waals surface area contributed by atoms with Crippen molar-refractivity contribution < 1.29 is 9.59 Å². The van der Waals surface area contributed by atoms with Crippen LogP contribution < -0.4 is 10.6 Å². The topological polar surface area (TPSA) is 64.7 Å². The van der Waals surface area contributed by atoms with Crippen molar-refractivity contribution >= 4 is 24.3 Å². The van der Waals surface area contributed by atoms with Gasteiger partial charge >= 0.3 is 0 Å². The molecule has 1 saturated heterocycles. The molecule has 0 aromatic carbocycles. The maximum atomic E-state index is 13.4. The Labute approximate surface area is 197 Å². The van der Waals surface area contributed by atoms with E-state index in [0.29, 0.717) is 18.4 Å². The number of rotatable bonds is 11. The molecule has 1 heterocycles. The normalized spacial score (nSPS) is 19.6. The monoisotopic (exact) mass is 456 g/mol. The van der Waals surface area contributed by atoms with Crippen LogP contribution in [-0.2, 0) is 9.59 Å². The molecule has 1 atom stereocenters. The minimum atomic E-state index is -0.195. The number of carbonyl (C=O) groups is 2. The summed E-state index contributed by atoms with van der Waals surface area (Å²) in [5.41, 5.74) is 4.00. The Morgan fingerprint density at radius 2 is 2.00 bits per heavy atom. The van der Waals surface area contributed by atoms with Crippen LogP contribution >= 0.6 is 11.9 Å². The van der Waals surface area contributed by atoms with Crippen LogP contribution in [0.15, 0.2) is 71.0 Å². The molecular weight excluding hydrogens is 420 g/mol. The van der Waals surface area contributed by atoms with Gasteiger partial charge in [0, 0.05) is 24.5 Å². The molecule has 2 rings (SSSR count). The van der Waals surface area contributed by atoms with Crippen LogP contribution in [0.5, 0.6) is 0 Å². The molecule has 0 radical (unpaired) electrons. The zero-order chi connectivity index (χ0) is 23.7. The zero-order valence-corrected chi connectivity index (χ0v) is 20.5. The fraction of sp³-hybridized carbons (Fsp3) is 0.440. The summed E-state index contributed by atoms with van der Waals surface area (Å²) in [7, 11) is 3.92. The van der Waals surface area contributed by atoms with Crippen molar-refractivity contribution in [3.05, 3.63) is 71.0 Å². The van der Waals surface area contributed by atoms with Crippen molar-refractivity contribution in [1.82, 2.24) is 19.8 Å². The van der Waals surface area contributed by atoms with Crippen molar-refractivity contribution in [1.29, 1.82) is 0 Å². The fourth-order valence-electron chi connectivity index (χ4n) is 3.72. The highest BCUT2D eigenvalue weighted by molar-refractivity contribution is 7.99. The van der Waals surface area contributed by atoms with Crippen LogP contribution in [0.3, 0.4) is 0 Å². The van der Waals surface area contributed by atoms with Crippen LogP contribution in [0.25, 0.3) is 0 Å². The summed E-state index contributed by atoms with van der Waals surface area (Å²) in [6, 6.07) is -0.195. The van der Waals surface area contributed by atoms with E-state index in [1.54, 1.807) is 6.08 Å². The van der Waals surface area contributed by atoms with Crippen LogP contribution in [-0.4, -0.2) is 54.7 Å². The average Bonchev–Trinajstić information content (AvgIpc) is 3.28. The number of allylic oxidation sites excluding steroid dienone is 2. The summed E-state index contributed by atoms with van der Waals surface area (Å²) in [5.74, 6) is 0.0786. The Bertz CT molecular complexity index is 846. The van der Waals surface area contributed by atoms with E-state index in [-0.39, 0.29) is 17.9 Å². The molecule has 0 aromatic heterocycles. The van der Waals surface area contributed by atoms with Crippen molar-refractivity contribution in [3.8, 4) is 0 Å². The number of hydrogen-bond donors (Lipinski definition) is 2. The van der Waals surface area contributed by atoms with E-state index < -0.39 is 0 Å². The largest absolute Gasteiger partial charge is 0.371 e. The molecule has 1 fully saturated rings. The molecule has 1 unspecified atom stereocenters.